The summed E-state index contributed by atoms with van der Waals surface area (Å²) in [7, 11) is 0. The zero-order valence-electron chi connectivity index (χ0n) is 11.1. The van der Waals surface area contributed by atoms with Gasteiger partial charge < -0.3 is 5.32 Å². The van der Waals surface area contributed by atoms with Crippen molar-refractivity contribution in [3.05, 3.63) is 62.6 Å². The Morgan fingerprint density at radius 1 is 1.18 bits per heavy atom. The molecule has 0 spiro atoms. The Hall–Kier alpha value is -1.76. The van der Waals surface area contributed by atoms with Gasteiger partial charge >= 0.3 is 0 Å². The predicted molar refractivity (Wildman–Crippen MR) is 88.9 cm³/mol. The molecule has 0 saturated carbocycles. The van der Waals surface area contributed by atoms with Crippen molar-refractivity contribution in [3.8, 4) is 0 Å². The van der Waals surface area contributed by atoms with Crippen LogP contribution >= 0.6 is 35.0 Å². The number of hydrogen-bond acceptors (Lipinski definition) is 4. The van der Waals surface area contributed by atoms with Crippen LogP contribution in [0.25, 0.3) is 0 Å². The Balaban J connectivity index is 1.92. The molecule has 8 heteroatoms. The molecule has 22 heavy (non-hydrogen) atoms. The molecule has 2 rings (SSSR count). The van der Waals surface area contributed by atoms with Crippen LogP contribution in [0.2, 0.25) is 10.0 Å². The standard InChI is InChI=1S/C14H10Cl2N2O3S/c15-9-1-6-12(16)13(7-9)22-8-14(19)17-10-2-4-11(5-3-10)18(20)21/h1-7H,8H2,(H,17,19). The van der Waals surface area contributed by atoms with Crippen molar-refractivity contribution in [1.29, 1.82) is 0 Å². The van der Waals surface area contributed by atoms with Gasteiger partial charge in [-0.1, -0.05) is 23.2 Å². The first-order valence-corrected chi connectivity index (χ1v) is 7.82. The van der Waals surface area contributed by atoms with Crippen molar-refractivity contribution in [2.45, 2.75) is 4.90 Å². The van der Waals surface area contributed by atoms with Crippen LogP contribution in [0.3, 0.4) is 0 Å². The molecule has 0 atom stereocenters. The molecule has 2 aromatic carbocycles. The second kappa shape index (κ2) is 7.49. The first-order valence-electron chi connectivity index (χ1n) is 6.08. The van der Waals surface area contributed by atoms with Gasteiger partial charge in [-0.2, -0.15) is 0 Å². The summed E-state index contributed by atoms with van der Waals surface area (Å²) in [6, 6.07) is 10.6. The average Bonchev–Trinajstić information content (AvgIpc) is 2.49. The summed E-state index contributed by atoms with van der Waals surface area (Å²) in [5.41, 5.74) is 0.464. The van der Waals surface area contributed by atoms with Crippen LogP contribution in [0, 0.1) is 10.1 Å². The first kappa shape index (κ1) is 16.6. The summed E-state index contributed by atoms with van der Waals surface area (Å²) in [5.74, 6) is -0.0910. The number of carbonyl (C=O) groups excluding carboxylic acids is 1. The van der Waals surface area contributed by atoms with Gasteiger partial charge in [-0.25, -0.2) is 0 Å². The lowest BCUT2D eigenvalue weighted by atomic mass is 10.3. The Morgan fingerprint density at radius 3 is 2.50 bits per heavy atom. The number of nitro groups is 1. The molecule has 114 valence electrons. The highest BCUT2D eigenvalue weighted by Crippen LogP contribution is 2.29. The van der Waals surface area contributed by atoms with E-state index in [0.717, 1.165) is 0 Å². The number of nitrogens with one attached hydrogen (secondary N) is 1. The van der Waals surface area contributed by atoms with Crippen LogP contribution in [0.15, 0.2) is 47.4 Å². The molecule has 0 bridgehead atoms. The highest BCUT2D eigenvalue weighted by Gasteiger charge is 2.09. The lowest BCUT2D eigenvalue weighted by molar-refractivity contribution is -0.384. The molecule has 0 aliphatic heterocycles. The van der Waals surface area contributed by atoms with Crippen molar-refractivity contribution in [2.24, 2.45) is 0 Å². The minimum Gasteiger partial charge on any atom is -0.325 e. The fraction of sp³-hybridized carbons (Fsp3) is 0.0714. The van der Waals surface area contributed by atoms with Crippen molar-refractivity contribution >= 4 is 52.2 Å². The van der Waals surface area contributed by atoms with Crippen molar-refractivity contribution < 1.29 is 9.72 Å². The molecular weight excluding hydrogens is 347 g/mol. The fourth-order valence-electron chi connectivity index (χ4n) is 1.59. The van der Waals surface area contributed by atoms with Gasteiger partial charge in [0, 0.05) is 27.7 Å². The third kappa shape index (κ3) is 4.62. The fourth-order valence-corrected chi connectivity index (χ4v) is 2.89. The third-order valence-electron chi connectivity index (χ3n) is 2.61. The Kier molecular flexibility index (Phi) is 5.65. The van der Waals surface area contributed by atoms with Gasteiger partial charge in [0.1, 0.15) is 0 Å². The number of thioether (sulfide) groups is 1. The number of nitro benzene ring substituents is 1. The second-order valence-corrected chi connectivity index (χ2v) is 6.08. The summed E-state index contributed by atoms with van der Waals surface area (Å²) in [6.45, 7) is 0. The van der Waals surface area contributed by atoms with Gasteiger partial charge in [0.05, 0.1) is 15.7 Å². The largest absolute Gasteiger partial charge is 0.325 e. The normalized spacial score (nSPS) is 10.3. The maximum Gasteiger partial charge on any atom is 0.269 e. The lowest BCUT2D eigenvalue weighted by Crippen LogP contribution is -2.13. The van der Waals surface area contributed by atoms with Crippen LogP contribution in [0.1, 0.15) is 0 Å². The monoisotopic (exact) mass is 356 g/mol. The maximum atomic E-state index is 11.9. The van der Waals surface area contributed by atoms with E-state index in [1.807, 2.05) is 0 Å². The van der Waals surface area contributed by atoms with Crippen LogP contribution in [-0.2, 0) is 4.79 Å². The zero-order valence-corrected chi connectivity index (χ0v) is 13.4. The smallest absolute Gasteiger partial charge is 0.269 e. The van der Waals surface area contributed by atoms with E-state index in [1.54, 1.807) is 18.2 Å². The van der Waals surface area contributed by atoms with Gasteiger partial charge in [-0.3, -0.25) is 14.9 Å². The summed E-state index contributed by atoms with van der Waals surface area (Å²) < 4.78 is 0. The van der Waals surface area contributed by atoms with E-state index >= 15 is 0 Å². The maximum absolute atomic E-state index is 11.9. The SMILES string of the molecule is O=C(CSc1cc(Cl)ccc1Cl)Nc1ccc([N+](=O)[O-])cc1. The van der Waals surface area contributed by atoms with Gasteiger partial charge in [0.25, 0.3) is 5.69 Å². The highest BCUT2D eigenvalue weighted by atomic mass is 35.5. The molecule has 1 amide bonds. The Bertz CT molecular complexity index is 708. The highest BCUT2D eigenvalue weighted by molar-refractivity contribution is 8.00. The summed E-state index contributed by atoms with van der Waals surface area (Å²) in [4.78, 5) is 22.6. The van der Waals surface area contributed by atoms with E-state index in [-0.39, 0.29) is 17.3 Å². The Morgan fingerprint density at radius 2 is 1.86 bits per heavy atom. The van der Waals surface area contributed by atoms with Gasteiger partial charge in [-0.15, -0.1) is 11.8 Å². The molecule has 0 saturated heterocycles. The van der Waals surface area contributed by atoms with Crippen molar-refractivity contribution in [3.63, 3.8) is 0 Å². The molecule has 2 aromatic rings. The van der Waals surface area contributed by atoms with E-state index in [1.165, 1.54) is 36.0 Å². The molecule has 1 N–H and O–H groups in total. The number of hydrogen-bond donors (Lipinski definition) is 1. The number of amides is 1. The molecule has 0 fully saturated rings. The number of halogens is 2. The third-order valence-corrected chi connectivity index (χ3v) is 4.35. The Labute approximate surface area is 140 Å². The number of carbonyl (C=O) groups is 1. The number of anilines is 1. The van der Waals surface area contributed by atoms with E-state index in [9.17, 15) is 14.9 Å². The zero-order chi connectivity index (χ0) is 16.1. The van der Waals surface area contributed by atoms with Crippen LogP contribution in [-0.4, -0.2) is 16.6 Å². The van der Waals surface area contributed by atoms with Crippen LogP contribution < -0.4 is 5.32 Å². The van der Waals surface area contributed by atoms with Gasteiger partial charge in [0.2, 0.25) is 5.91 Å². The number of benzene rings is 2. The molecule has 0 aliphatic carbocycles. The number of nitrogens with zero attached hydrogens (tertiary/aromatic N) is 1. The molecule has 0 aliphatic rings. The number of non-ortho nitro benzene ring substituents is 1. The second-order valence-electron chi connectivity index (χ2n) is 4.22. The molecule has 5 nitrogen and oxygen atoms in total. The molecule has 0 aromatic heterocycles. The minimum atomic E-state index is -0.497. The molecule has 0 unspecified atom stereocenters. The summed E-state index contributed by atoms with van der Waals surface area (Å²) in [5, 5.41) is 14.3. The summed E-state index contributed by atoms with van der Waals surface area (Å²) >= 11 is 13.1. The van der Waals surface area contributed by atoms with Crippen molar-refractivity contribution in [2.75, 3.05) is 11.1 Å². The molecular formula is C14H10Cl2N2O3S. The van der Waals surface area contributed by atoms with Crippen LogP contribution in [0.4, 0.5) is 11.4 Å². The first-order chi connectivity index (χ1) is 10.5. The quantitative estimate of drug-likeness (QED) is 0.481. The van der Waals surface area contributed by atoms with Gasteiger partial charge in [-0.05, 0) is 30.3 Å². The van der Waals surface area contributed by atoms with E-state index < -0.39 is 4.92 Å². The topological polar surface area (TPSA) is 72.2 Å². The van der Waals surface area contributed by atoms with Gasteiger partial charge in [0.15, 0.2) is 0 Å². The molecule has 0 radical (unpaired) electrons. The predicted octanol–water partition coefficient (Wildman–Crippen LogP) is 4.63. The average molecular weight is 357 g/mol. The van der Waals surface area contributed by atoms with E-state index in [0.29, 0.717) is 20.6 Å². The summed E-state index contributed by atoms with van der Waals surface area (Å²) in [6.07, 6.45) is 0. The minimum absolute atomic E-state index is 0.0296. The molecule has 0 heterocycles. The van der Waals surface area contributed by atoms with E-state index in [4.69, 9.17) is 23.2 Å². The van der Waals surface area contributed by atoms with E-state index in [2.05, 4.69) is 5.32 Å². The number of rotatable bonds is 5. The lowest BCUT2D eigenvalue weighted by Gasteiger charge is -2.06. The van der Waals surface area contributed by atoms with Crippen molar-refractivity contribution in [1.82, 2.24) is 0 Å². The van der Waals surface area contributed by atoms with Crippen LogP contribution in [0.5, 0.6) is 0 Å².